The van der Waals surface area contributed by atoms with Crippen LogP contribution in [0.3, 0.4) is 0 Å². The van der Waals surface area contributed by atoms with Gasteiger partial charge in [-0.1, -0.05) is 0 Å². The first-order valence-corrected chi connectivity index (χ1v) is 2.18. The normalized spacial score (nSPS) is 9.43. The Morgan fingerprint density at radius 2 is 2.29 bits per heavy atom. The summed E-state index contributed by atoms with van der Waals surface area (Å²) in [5, 5.41) is 17.6. The molecule has 3 nitrogen and oxygen atoms in total. The van der Waals surface area contributed by atoms with Crippen molar-refractivity contribution in [1.29, 1.82) is 0 Å². The third-order valence-electron chi connectivity index (χ3n) is 0.524. The zero-order valence-electron chi connectivity index (χ0n) is 4.09. The van der Waals surface area contributed by atoms with Gasteiger partial charge in [0, 0.05) is 0 Å². The number of hydrogen-bond acceptors (Lipinski definition) is 2. The Hall–Kier alpha value is -0.120. The summed E-state index contributed by atoms with van der Waals surface area (Å²) in [5.41, 5.74) is 0. The van der Waals surface area contributed by atoms with E-state index < -0.39 is 0 Å². The summed E-state index contributed by atoms with van der Waals surface area (Å²) in [6.07, 6.45) is 0.487. The molecule has 0 aliphatic carbocycles. The topological polar surface area (TPSA) is 49.4 Å². The Morgan fingerprint density at radius 1 is 1.57 bits per heavy atom. The monoisotopic (exact) mass is 105 g/mol. The molecule has 0 amide bonds. The molecule has 0 spiro atoms. The van der Waals surface area contributed by atoms with E-state index in [1.807, 2.05) is 0 Å². The van der Waals surface area contributed by atoms with E-state index in [1.165, 1.54) is 0 Å². The standard InChI is InChI=1S/C4H9O3/c5-2-1-3-7-4-6/h6H,1-4H2. The van der Waals surface area contributed by atoms with Crippen LogP contribution in [0.1, 0.15) is 6.42 Å². The molecule has 0 bridgehead atoms. The van der Waals surface area contributed by atoms with Crippen molar-refractivity contribution >= 4 is 0 Å². The van der Waals surface area contributed by atoms with E-state index in [4.69, 9.17) is 5.11 Å². The van der Waals surface area contributed by atoms with E-state index in [0.29, 0.717) is 13.0 Å². The number of rotatable bonds is 4. The third-order valence-corrected chi connectivity index (χ3v) is 0.524. The fraction of sp³-hybridized carbons (Fsp3) is 1.00. The maximum absolute atomic E-state index is 9.64. The highest BCUT2D eigenvalue weighted by Crippen LogP contribution is 1.76. The summed E-state index contributed by atoms with van der Waals surface area (Å²) in [7, 11) is 0. The molecule has 1 N–H and O–H groups in total. The number of hydrogen-bond donors (Lipinski definition) is 1. The van der Waals surface area contributed by atoms with Crippen LogP contribution in [-0.4, -0.2) is 25.1 Å². The van der Waals surface area contributed by atoms with Crippen LogP contribution in [-0.2, 0) is 9.84 Å². The van der Waals surface area contributed by atoms with Gasteiger partial charge in [0.05, 0.1) is 13.2 Å². The minimum absolute atomic E-state index is 0.125. The molecule has 0 saturated carbocycles. The largest absolute Gasteiger partial charge is 0.371 e. The summed E-state index contributed by atoms with van der Waals surface area (Å²) in [5.74, 6) is 0. The van der Waals surface area contributed by atoms with E-state index in [2.05, 4.69) is 4.74 Å². The van der Waals surface area contributed by atoms with Gasteiger partial charge >= 0.3 is 0 Å². The number of ether oxygens (including phenoxy) is 1. The van der Waals surface area contributed by atoms with Crippen LogP contribution in [0.5, 0.6) is 0 Å². The average Bonchev–Trinajstić information content (AvgIpc) is 1.69. The van der Waals surface area contributed by atoms with Gasteiger partial charge in [-0.05, 0) is 6.42 Å². The molecule has 3 heteroatoms. The van der Waals surface area contributed by atoms with Crippen molar-refractivity contribution in [3.63, 3.8) is 0 Å². The maximum atomic E-state index is 9.64. The Bertz CT molecular complexity index is 26.1. The first kappa shape index (κ1) is 6.88. The molecular weight excluding hydrogens is 96.0 g/mol. The lowest BCUT2D eigenvalue weighted by Gasteiger charge is -1.92. The molecule has 0 aromatic rings. The Labute approximate surface area is 42.5 Å². The fourth-order valence-corrected chi connectivity index (χ4v) is 0.226. The molecule has 0 fully saturated rings. The molecule has 1 radical (unpaired) electrons. The van der Waals surface area contributed by atoms with E-state index in [0.717, 1.165) is 0 Å². The molecule has 0 aliphatic rings. The number of aliphatic hydroxyl groups is 1. The first-order valence-electron chi connectivity index (χ1n) is 2.18. The molecule has 0 aliphatic heterocycles. The zero-order valence-corrected chi connectivity index (χ0v) is 4.09. The summed E-state index contributed by atoms with van der Waals surface area (Å²) in [4.78, 5) is 0. The zero-order chi connectivity index (χ0) is 5.54. The minimum atomic E-state index is -0.278. The van der Waals surface area contributed by atoms with Gasteiger partial charge in [0.1, 0.15) is 6.79 Å². The van der Waals surface area contributed by atoms with Crippen molar-refractivity contribution < 1.29 is 14.9 Å². The van der Waals surface area contributed by atoms with Crippen molar-refractivity contribution in [1.82, 2.24) is 0 Å². The van der Waals surface area contributed by atoms with Gasteiger partial charge in [-0.15, -0.1) is 0 Å². The van der Waals surface area contributed by atoms with Crippen molar-refractivity contribution in [2.75, 3.05) is 20.0 Å². The molecule has 0 atom stereocenters. The second-order valence-electron chi connectivity index (χ2n) is 1.10. The van der Waals surface area contributed by atoms with Crippen molar-refractivity contribution in [3.8, 4) is 0 Å². The van der Waals surface area contributed by atoms with Crippen molar-refractivity contribution in [2.24, 2.45) is 0 Å². The quantitative estimate of drug-likeness (QED) is 0.396. The molecule has 0 aromatic heterocycles. The molecule has 0 saturated heterocycles. The van der Waals surface area contributed by atoms with Crippen LogP contribution in [0.15, 0.2) is 0 Å². The SMILES string of the molecule is [O]CCCOCO. The van der Waals surface area contributed by atoms with Crippen LogP contribution in [0.4, 0.5) is 0 Å². The van der Waals surface area contributed by atoms with E-state index in [1.54, 1.807) is 0 Å². The van der Waals surface area contributed by atoms with Crippen LogP contribution in [0.2, 0.25) is 0 Å². The Balaban J connectivity index is 2.45. The van der Waals surface area contributed by atoms with Gasteiger partial charge in [-0.25, -0.2) is 5.11 Å². The summed E-state index contributed by atoms with van der Waals surface area (Å²) >= 11 is 0. The first-order chi connectivity index (χ1) is 3.41. The van der Waals surface area contributed by atoms with Crippen LogP contribution < -0.4 is 0 Å². The average molecular weight is 105 g/mol. The third kappa shape index (κ3) is 5.88. The Kier molecular flexibility index (Phi) is 5.78. The predicted molar refractivity (Wildman–Crippen MR) is 23.2 cm³/mol. The number of aliphatic hydroxyl groups excluding tert-OH is 1. The van der Waals surface area contributed by atoms with Crippen LogP contribution in [0, 0.1) is 0 Å². The predicted octanol–water partition coefficient (Wildman–Crippen LogP) is -0.227. The lowest BCUT2D eigenvalue weighted by Crippen LogP contribution is -1.96. The molecule has 0 unspecified atom stereocenters. The van der Waals surface area contributed by atoms with Gasteiger partial charge < -0.3 is 9.84 Å². The second-order valence-corrected chi connectivity index (χ2v) is 1.10. The summed E-state index contributed by atoms with van der Waals surface area (Å²) in [6.45, 7) is -0.0278. The molecule has 0 heterocycles. The van der Waals surface area contributed by atoms with Gasteiger partial charge in [0.15, 0.2) is 0 Å². The van der Waals surface area contributed by atoms with E-state index >= 15 is 0 Å². The molecule has 0 aromatic carbocycles. The van der Waals surface area contributed by atoms with Gasteiger partial charge in [0.25, 0.3) is 0 Å². The molecule has 43 valence electrons. The second kappa shape index (κ2) is 5.88. The highest BCUT2D eigenvalue weighted by molar-refractivity contribution is 4.26. The molecule has 7 heavy (non-hydrogen) atoms. The van der Waals surface area contributed by atoms with E-state index in [9.17, 15) is 5.11 Å². The highest BCUT2D eigenvalue weighted by atomic mass is 16.6. The summed E-state index contributed by atoms with van der Waals surface area (Å²) < 4.78 is 4.43. The van der Waals surface area contributed by atoms with Gasteiger partial charge in [-0.3, -0.25) is 0 Å². The lowest BCUT2D eigenvalue weighted by molar-refractivity contribution is -0.00912. The van der Waals surface area contributed by atoms with Gasteiger partial charge in [0.2, 0.25) is 0 Å². The lowest BCUT2D eigenvalue weighted by atomic mass is 10.5. The maximum Gasteiger partial charge on any atom is 0.143 e. The van der Waals surface area contributed by atoms with E-state index in [-0.39, 0.29) is 13.4 Å². The van der Waals surface area contributed by atoms with Crippen molar-refractivity contribution in [3.05, 3.63) is 0 Å². The van der Waals surface area contributed by atoms with Crippen LogP contribution >= 0.6 is 0 Å². The fourth-order valence-electron chi connectivity index (χ4n) is 0.226. The van der Waals surface area contributed by atoms with Crippen molar-refractivity contribution in [2.45, 2.75) is 6.42 Å². The van der Waals surface area contributed by atoms with Crippen LogP contribution in [0.25, 0.3) is 0 Å². The van der Waals surface area contributed by atoms with Gasteiger partial charge in [-0.2, -0.15) is 0 Å². The minimum Gasteiger partial charge on any atom is -0.371 e. The molecule has 0 rings (SSSR count). The smallest absolute Gasteiger partial charge is 0.143 e. The Morgan fingerprint density at radius 3 is 2.71 bits per heavy atom. The molecular formula is C4H9O3. The highest BCUT2D eigenvalue weighted by Gasteiger charge is 1.81. The summed E-state index contributed by atoms with van der Waals surface area (Å²) in [6, 6.07) is 0.